The van der Waals surface area contributed by atoms with Gasteiger partial charge < -0.3 is 11.1 Å². The highest BCUT2D eigenvalue weighted by Gasteiger charge is 2.05. The first-order valence-corrected chi connectivity index (χ1v) is 5.17. The first-order valence-electron chi connectivity index (χ1n) is 5.17. The summed E-state index contributed by atoms with van der Waals surface area (Å²) in [7, 11) is 0. The molecule has 0 saturated heterocycles. The number of benzene rings is 1. The number of aryl methyl sites for hydroxylation is 1. The largest absolute Gasteiger partial charge is 0.383 e. The van der Waals surface area contributed by atoms with E-state index in [2.05, 4.69) is 15.3 Å². The van der Waals surface area contributed by atoms with Crippen LogP contribution in [0.15, 0.2) is 24.5 Å². The molecule has 1 aromatic carbocycles. The van der Waals surface area contributed by atoms with E-state index in [1.165, 1.54) is 18.5 Å². The molecule has 0 radical (unpaired) electrons. The molecule has 1 heterocycles. The van der Waals surface area contributed by atoms with E-state index in [0.717, 1.165) is 11.1 Å². The molecule has 5 heteroatoms. The monoisotopic (exact) mass is 232 g/mol. The Morgan fingerprint density at radius 3 is 2.65 bits per heavy atom. The molecule has 0 bridgehead atoms. The van der Waals surface area contributed by atoms with Gasteiger partial charge in [-0.3, -0.25) is 0 Å². The highest BCUT2D eigenvalue weighted by atomic mass is 19.1. The lowest BCUT2D eigenvalue weighted by atomic mass is 10.2. The number of nitrogens with two attached hydrogens (primary N) is 1. The third-order valence-corrected chi connectivity index (χ3v) is 2.43. The molecular formula is C12H13FN4. The van der Waals surface area contributed by atoms with Crippen LogP contribution in [0, 0.1) is 19.7 Å². The first-order chi connectivity index (χ1) is 8.06. The molecule has 0 aliphatic carbocycles. The third-order valence-electron chi connectivity index (χ3n) is 2.43. The molecule has 0 saturated carbocycles. The number of hydrogen-bond acceptors (Lipinski definition) is 4. The maximum Gasteiger partial charge on any atom is 0.138 e. The summed E-state index contributed by atoms with van der Waals surface area (Å²) in [5.74, 6) is 0.713. The third kappa shape index (κ3) is 2.50. The van der Waals surface area contributed by atoms with E-state index in [-0.39, 0.29) is 5.82 Å². The Morgan fingerprint density at radius 1 is 1.18 bits per heavy atom. The van der Waals surface area contributed by atoms with E-state index in [0.29, 0.717) is 17.3 Å². The van der Waals surface area contributed by atoms with Gasteiger partial charge in [0.25, 0.3) is 0 Å². The quantitative estimate of drug-likeness (QED) is 0.835. The molecule has 0 fully saturated rings. The number of anilines is 3. The zero-order valence-corrected chi connectivity index (χ0v) is 9.66. The molecule has 0 unspecified atom stereocenters. The molecule has 0 amide bonds. The smallest absolute Gasteiger partial charge is 0.138 e. The standard InChI is InChI=1S/C12H13FN4/c1-7-3-9(13)5-10(4-7)17-12-8(2)11(14)15-6-16-12/h3-6H,1-2H3,(H3,14,15,16,17). The second-order valence-electron chi connectivity index (χ2n) is 3.87. The van der Waals surface area contributed by atoms with Crippen LogP contribution < -0.4 is 11.1 Å². The van der Waals surface area contributed by atoms with Gasteiger partial charge in [0, 0.05) is 11.3 Å². The van der Waals surface area contributed by atoms with Crippen LogP contribution in [0.1, 0.15) is 11.1 Å². The van der Waals surface area contributed by atoms with E-state index in [1.54, 1.807) is 0 Å². The number of halogens is 1. The maximum atomic E-state index is 13.2. The summed E-state index contributed by atoms with van der Waals surface area (Å²) in [5.41, 5.74) is 7.90. The minimum absolute atomic E-state index is 0.285. The van der Waals surface area contributed by atoms with E-state index < -0.39 is 0 Å². The number of hydrogen-bond donors (Lipinski definition) is 2. The van der Waals surface area contributed by atoms with Gasteiger partial charge in [-0.2, -0.15) is 0 Å². The van der Waals surface area contributed by atoms with E-state index >= 15 is 0 Å². The Bertz CT molecular complexity index is 534. The Balaban J connectivity index is 2.34. The zero-order valence-electron chi connectivity index (χ0n) is 9.66. The van der Waals surface area contributed by atoms with Crippen LogP contribution in [0.5, 0.6) is 0 Å². The van der Waals surface area contributed by atoms with Gasteiger partial charge in [0.1, 0.15) is 23.8 Å². The molecule has 4 nitrogen and oxygen atoms in total. The summed E-state index contributed by atoms with van der Waals surface area (Å²) in [6.45, 7) is 3.64. The summed E-state index contributed by atoms with van der Waals surface area (Å²) in [4.78, 5) is 7.94. The van der Waals surface area contributed by atoms with Crippen LogP contribution in [-0.4, -0.2) is 9.97 Å². The van der Waals surface area contributed by atoms with Crippen LogP contribution in [0.4, 0.5) is 21.7 Å². The molecule has 2 rings (SSSR count). The predicted octanol–water partition coefficient (Wildman–Crippen LogP) is 2.56. The normalized spacial score (nSPS) is 10.3. The Kier molecular flexibility index (Phi) is 2.91. The van der Waals surface area contributed by atoms with Crippen LogP contribution in [0.3, 0.4) is 0 Å². The van der Waals surface area contributed by atoms with Gasteiger partial charge in [-0.15, -0.1) is 0 Å². The lowest BCUT2D eigenvalue weighted by Crippen LogP contribution is -2.02. The van der Waals surface area contributed by atoms with E-state index in [4.69, 9.17) is 5.73 Å². The van der Waals surface area contributed by atoms with Gasteiger partial charge in [-0.25, -0.2) is 14.4 Å². The van der Waals surface area contributed by atoms with Crippen molar-refractivity contribution < 1.29 is 4.39 Å². The molecule has 88 valence electrons. The number of nitrogens with zero attached hydrogens (tertiary/aromatic N) is 2. The number of nitrogens with one attached hydrogen (secondary N) is 1. The molecule has 1 aromatic heterocycles. The van der Waals surface area contributed by atoms with Crippen molar-refractivity contribution in [2.45, 2.75) is 13.8 Å². The second-order valence-corrected chi connectivity index (χ2v) is 3.87. The van der Waals surface area contributed by atoms with Crippen molar-refractivity contribution in [3.05, 3.63) is 41.5 Å². The Hall–Kier alpha value is -2.17. The molecule has 2 aromatic rings. The Morgan fingerprint density at radius 2 is 1.94 bits per heavy atom. The average molecular weight is 232 g/mol. The molecule has 17 heavy (non-hydrogen) atoms. The van der Waals surface area contributed by atoms with Crippen molar-refractivity contribution >= 4 is 17.3 Å². The van der Waals surface area contributed by atoms with Gasteiger partial charge in [0.15, 0.2) is 0 Å². The molecule has 0 aliphatic heterocycles. The predicted molar refractivity (Wildman–Crippen MR) is 65.6 cm³/mol. The van der Waals surface area contributed by atoms with Crippen molar-refractivity contribution in [2.75, 3.05) is 11.1 Å². The fourth-order valence-electron chi connectivity index (χ4n) is 1.54. The summed E-state index contributed by atoms with van der Waals surface area (Å²) in [5, 5.41) is 3.02. The average Bonchev–Trinajstić information content (AvgIpc) is 2.23. The van der Waals surface area contributed by atoms with Gasteiger partial charge in [0.05, 0.1) is 0 Å². The Labute approximate surface area is 98.7 Å². The molecule has 0 atom stereocenters. The lowest BCUT2D eigenvalue weighted by Gasteiger charge is -2.10. The topological polar surface area (TPSA) is 63.8 Å². The van der Waals surface area contributed by atoms with Crippen molar-refractivity contribution in [3.8, 4) is 0 Å². The highest BCUT2D eigenvalue weighted by molar-refractivity contribution is 5.63. The van der Waals surface area contributed by atoms with Gasteiger partial charge >= 0.3 is 0 Å². The van der Waals surface area contributed by atoms with Gasteiger partial charge in [-0.1, -0.05) is 0 Å². The summed E-state index contributed by atoms with van der Waals surface area (Å²) in [6, 6.07) is 4.71. The molecule has 3 N–H and O–H groups in total. The van der Waals surface area contributed by atoms with Gasteiger partial charge in [0.2, 0.25) is 0 Å². The molecular weight excluding hydrogens is 219 g/mol. The number of nitrogen functional groups attached to an aromatic ring is 1. The summed E-state index contributed by atoms with van der Waals surface area (Å²) >= 11 is 0. The minimum Gasteiger partial charge on any atom is -0.383 e. The van der Waals surface area contributed by atoms with Crippen molar-refractivity contribution in [1.29, 1.82) is 0 Å². The van der Waals surface area contributed by atoms with Crippen LogP contribution in [0.2, 0.25) is 0 Å². The number of rotatable bonds is 2. The fourth-order valence-corrected chi connectivity index (χ4v) is 1.54. The van der Waals surface area contributed by atoms with Crippen molar-refractivity contribution in [1.82, 2.24) is 9.97 Å². The van der Waals surface area contributed by atoms with Crippen LogP contribution in [0.25, 0.3) is 0 Å². The van der Waals surface area contributed by atoms with E-state index in [1.807, 2.05) is 19.9 Å². The number of aromatic nitrogens is 2. The lowest BCUT2D eigenvalue weighted by molar-refractivity contribution is 0.627. The maximum absolute atomic E-state index is 13.2. The first kappa shape index (κ1) is 11.3. The second kappa shape index (κ2) is 4.37. The SMILES string of the molecule is Cc1cc(F)cc(Nc2ncnc(N)c2C)c1. The van der Waals surface area contributed by atoms with Crippen LogP contribution >= 0.6 is 0 Å². The summed E-state index contributed by atoms with van der Waals surface area (Å²) < 4.78 is 13.2. The molecule has 0 aliphatic rings. The molecule has 0 spiro atoms. The van der Waals surface area contributed by atoms with E-state index in [9.17, 15) is 4.39 Å². The van der Waals surface area contributed by atoms with Gasteiger partial charge in [-0.05, 0) is 37.6 Å². The summed E-state index contributed by atoms with van der Waals surface area (Å²) in [6.07, 6.45) is 1.37. The minimum atomic E-state index is -0.285. The van der Waals surface area contributed by atoms with Crippen molar-refractivity contribution in [2.24, 2.45) is 0 Å². The zero-order chi connectivity index (χ0) is 12.4. The highest BCUT2D eigenvalue weighted by Crippen LogP contribution is 2.21. The fraction of sp³-hybridized carbons (Fsp3) is 0.167. The van der Waals surface area contributed by atoms with Crippen LogP contribution in [-0.2, 0) is 0 Å². The van der Waals surface area contributed by atoms with Crippen molar-refractivity contribution in [3.63, 3.8) is 0 Å².